The highest BCUT2D eigenvalue weighted by Crippen LogP contribution is 2.17. The Balaban J connectivity index is 1.62. The van der Waals surface area contributed by atoms with Crippen LogP contribution < -0.4 is 16.0 Å². The lowest BCUT2D eigenvalue weighted by Gasteiger charge is -2.36. The monoisotopic (exact) mass is 313 g/mol. The van der Waals surface area contributed by atoms with E-state index >= 15 is 0 Å². The molecule has 2 aromatic rings. The molecular weight excluding hydrogens is 294 g/mol. The number of β-amino-alcohol motifs (C(OH)–C–C–N with tert-alkyl or cyclic N) is 1. The highest BCUT2D eigenvalue weighted by atomic mass is 16.3. The second-order valence-electron chi connectivity index (χ2n) is 5.53. The van der Waals surface area contributed by atoms with E-state index in [1.807, 2.05) is 23.1 Å². The minimum Gasteiger partial charge on any atom is -0.389 e. The van der Waals surface area contributed by atoms with Crippen LogP contribution in [0.1, 0.15) is 16.8 Å². The molecule has 1 saturated heterocycles. The second-order valence-corrected chi connectivity index (χ2v) is 5.53. The molecule has 1 aliphatic rings. The first-order valence-electron chi connectivity index (χ1n) is 7.51. The topological polar surface area (TPSA) is 104 Å². The molecule has 0 radical (unpaired) electrons. The number of aliphatic hydroxyl groups is 1. The van der Waals surface area contributed by atoms with Gasteiger partial charge in [0.25, 0.3) is 5.91 Å². The van der Waals surface area contributed by atoms with Crippen LogP contribution in [0.15, 0.2) is 42.6 Å². The molecule has 0 bridgehead atoms. The standard InChI is InChI=1S/C16H19N5O2/c17-14-6-8-18-16(20-14)21-9-7-12(13(22)10-21)19-15(23)11-4-2-1-3-5-11/h1-6,8,12-13,22H,7,9-10H2,(H,19,23)(H2,17,18,20)/t12-,13-/m1/s1. The number of nitrogens with zero attached hydrogens (tertiary/aromatic N) is 3. The molecule has 120 valence electrons. The predicted octanol–water partition coefficient (Wildman–Crippen LogP) is 0.428. The molecule has 1 aliphatic heterocycles. The predicted molar refractivity (Wildman–Crippen MR) is 87.0 cm³/mol. The number of benzene rings is 1. The third-order valence-electron chi connectivity index (χ3n) is 3.88. The molecule has 7 nitrogen and oxygen atoms in total. The number of aliphatic hydroxyl groups excluding tert-OH is 1. The van der Waals surface area contributed by atoms with Gasteiger partial charge < -0.3 is 21.1 Å². The number of carbonyl (C=O) groups is 1. The molecule has 1 aromatic carbocycles. The Morgan fingerprint density at radius 2 is 2.09 bits per heavy atom. The van der Waals surface area contributed by atoms with E-state index in [0.29, 0.717) is 36.8 Å². The van der Waals surface area contributed by atoms with Gasteiger partial charge in [-0.1, -0.05) is 18.2 Å². The Bertz CT molecular complexity index is 679. The van der Waals surface area contributed by atoms with E-state index in [1.54, 1.807) is 24.4 Å². The van der Waals surface area contributed by atoms with Gasteiger partial charge in [-0.3, -0.25) is 4.79 Å². The number of amides is 1. The third-order valence-corrected chi connectivity index (χ3v) is 3.88. The quantitative estimate of drug-likeness (QED) is 0.759. The van der Waals surface area contributed by atoms with Crippen molar-refractivity contribution in [3.63, 3.8) is 0 Å². The number of hydrogen-bond acceptors (Lipinski definition) is 6. The molecule has 23 heavy (non-hydrogen) atoms. The minimum absolute atomic E-state index is 0.177. The minimum atomic E-state index is -0.693. The van der Waals surface area contributed by atoms with Crippen molar-refractivity contribution in [3.05, 3.63) is 48.2 Å². The van der Waals surface area contributed by atoms with Crippen LogP contribution in [-0.4, -0.2) is 46.2 Å². The third kappa shape index (κ3) is 3.57. The number of hydrogen-bond donors (Lipinski definition) is 3. The van der Waals surface area contributed by atoms with Gasteiger partial charge in [0.05, 0.1) is 12.1 Å². The van der Waals surface area contributed by atoms with Gasteiger partial charge in [-0.2, -0.15) is 4.98 Å². The maximum Gasteiger partial charge on any atom is 0.251 e. The van der Waals surface area contributed by atoms with Crippen molar-refractivity contribution in [1.29, 1.82) is 0 Å². The number of anilines is 2. The maximum absolute atomic E-state index is 12.2. The number of piperidine rings is 1. The van der Waals surface area contributed by atoms with Gasteiger partial charge in [-0.05, 0) is 24.6 Å². The van der Waals surface area contributed by atoms with Crippen LogP contribution in [0.3, 0.4) is 0 Å². The van der Waals surface area contributed by atoms with E-state index in [4.69, 9.17) is 5.73 Å². The fourth-order valence-electron chi connectivity index (χ4n) is 2.64. The molecule has 0 saturated carbocycles. The van der Waals surface area contributed by atoms with Gasteiger partial charge in [-0.25, -0.2) is 4.98 Å². The van der Waals surface area contributed by atoms with Crippen LogP contribution in [0.2, 0.25) is 0 Å². The average molecular weight is 313 g/mol. The summed E-state index contributed by atoms with van der Waals surface area (Å²) in [4.78, 5) is 22.4. The SMILES string of the molecule is Nc1ccnc(N2CC[C@@H](NC(=O)c3ccccc3)[C@H](O)C2)n1. The van der Waals surface area contributed by atoms with Crippen molar-refractivity contribution in [2.24, 2.45) is 0 Å². The molecule has 0 spiro atoms. The number of rotatable bonds is 3. The number of aromatic nitrogens is 2. The van der Waals surface area contributed by atoms with Gasteiger partial charge >= 0.3 is 0 Å². The van der Waals surface area contributed by atoms with E-state index in [9.17, 15) is 9.90 Å². The fraction of sp³-hybridized carbons (Fsp3) is 0.312. The maximum atomic E-state index is 12.2. The zero-order valence-corrected chi connectivity index (χ0v) is 12.6. The second kappa shape index (κ2) is 6.62. The molecule has 1 fully saturated rings. The molecular formula is C16H19N5O2. The largest absolute Gasteiger partial charge is 0.389 e. The van der Waals surface area contributed by atoms with Crippen LogP contribution >= 0.6 is 0 Å². The summed E-state index contributed by atoms with van der Waals surface area (Å²) in [6, 6.07) is 10.3. The lowest BCUT2D eigenvalue weighted by Crippen LogP contribution is -2.54. The first kappa shape index (κ1) is 15.2. The van der Waals surface area contributed by atoms with Gasteiger partial charge in [0, 0.05) is 24.8 Å². The summed E-state index contributed by atoms with van der Waals surface area (Å²) in [5, 5.41) is 13.2. The Morgan fingerprint density at radius 3 is 2.78 bits per heavy atom. The van der Waals surface area contributed by atoms with E-state index in [1.165, 1.54) is 0 Å². The van der Waals surface area contributed by atoms with Crippen molar-refractivity contribution in [1.82, 2.24) is 15.3 Å². The van der Waals surface area contributed by atoms with Crippen molar-refractivity contribution in [2.75, 3.05) is 23.7 Å². The van der Waals surface area contributed by atoms with Crippen molar-refractivity contribution < 1.29 is 9.90 Å². The fourth-order valence-corrected chi connectivity index (χ4v) is 2.64. The van der Waals surface area contributed by atoms with E-state index in [2.05, 4.69) is 15.3 Å². The number of carbonyl (C=O) groups excluding carboxylic acids is 1. The molecule has 2 heterocycles. The first-order chi connectivity index (χ1) is 11.1. The smallest absolute Gasteiger partial charge is 0.251 e. The Morgan fingerprint density at radius 1 is 1.30 bits per heavy atom. The number of nitrogens with two attached hydrogens (primary N) is 1. The average Bonchev–Trinajstić information content (AvgIpc) is 2.57. The molecule has 4 N–H and O–H groups in total. The van der Waals surface area contributed by atoms with Gasteiger partial charge in [0.15, 0.2) is 0 Å². The van der Waals surface area contributed by atoms with Crippen LogP contribution in [0.4, 0.5) is 11.8 Å². The number of nitrogen functional groups attached to an aromatic ring is 1. The Labute approximate surface area is 134 Å². The molecule has 3 rings (SSSR count). The summed E-state index contributed by atoms with van der Waals surface area (Å²) in [7, 11) is 0. The zero-order chi connectivity index (χ0) is 16.2. The molecule has 7 heteroatoms. The summed E-state index contributed by atoms with van der Waals surface area (Å²) in [6.07, 6.45) is 1.51. The highest BCUT2D eigenvalue weighted by molar-refractivity contribution is 5.94. The van der Waals surface area contributed by atoms with Gasteiger partial charge in [0.1, 0.15) is 5.82 Å². The van der Waals surface area contributed by atoms with Gasteiger partial charge in [0.2, 0.25) is 5.95 Å². The Kier molecular flexibility index (Phi) is 4.38. The summed E-state index contributed by atoms with van der Waals surface area (Å²) in [6.45, 7) is 0.990. The zero-order valence-electron chi connectivity index (χ0n) is 12.6. The van der Waals surface area contributed by atoms with Crippen molar-refractivity contribution in [2.45, 2.75) is 18.6 Å². The summed E-state index contributed by atoms with van der Waals surface area (Å²) < 4.78 is 0. The van der Waals surface area contributed by atoms with Crippen LogP contribution in [-0.2, 0) is 0 Å². The van der Waals surface area contributed by atoms with Gasteiger partial charge in [-0.15, -0.1) is 0 Å². The number of nitrogens with one attached hydrogen (secondary N) is 1. The van der Waals surface area contributed by atoms with Crippen LogP contribution in [0, 0.1) is 0 Å². The molecule has 0 aliphatic carbocycles. The van der Waals surface area contributed by atoms with E-state index in [-0.39, 0.29) is 11.9 Å². The summed E-state index contributed by atoms with van der Waals surface area (Å²) >= 11 is 0. The lowest BCUT2D eigenvalue weighted by molar-refractivity contribution is 0.0797. The molecule has 1 aromatic heterocycles. The lowest BCUT2D eigenvalue weighted by atomic mass is 10.0. The molecule has 2 atom stereocenters. The van der Waals surface area contributed by atoms with Crippen molar-refractivity contribution >= 4 is 17.7 Å². The Hall–Kier alpha value is -2.67. The van der Waals surface area contributed by atoms with Crippen LogP contribution in [0.25, 0.3) is 0 Å². The van der Waals surface area contributed by atoms with E-state index in [0.717, 1.165) is 0 Å². The highest BCUT2D eigenvalue weighted by Gasteiger charge is 2.30. The van der Waals surface area contributed by atoms with Crippen LogP contribution in [0.5, 0.6) is 0 Å². The summed E-state index contributed by atoms with van der Waals surface area (Å²) in [5.74, 6) is 0.712. The molecule has 1 amide bonds. The first-order valence-corrected chi connectivity index (χ1v) is 7.51. The van der Waals surface area contributed by atoms with Crippen molar-refractivity contribution in [3.8, 4) is 0 Å². The summed E-state index contributed by atoms with van der Waals surface area (Å²) in [5.41, 5.74) is 6.24. The molecule has 0 unspecified atom stereocenters. The van der Waals surface area contributed by atoms with E-state index < -0.39 is 6.10 Å². The normalized spacial score (nSPS) is 21.0.